The average molecular weight is 281 g/mol. The number of Topliss-reactive ketones (excluding diaryl/α,β-unsaturated/α-hetero) is 1. The molecule has 3 nitrogen and oxygen atoms in total. The fraction of sp³-hybridized carbons (Fsp3) is 0.941. The standard InChI is InChI=1S/C17H31NO2/c1-2-4-14(7-11-18)5-6-16(19)15-8-12-20-17(13-15)9-3-10-17/h14-15H,2-13,18H2,1H3. The molecular weight excluding hydrogens is 250 g/mol. The molecule has 0 radical (unpaired) electrons. The Labute approximate surface area is 123 Å². The van der Waals surface area contributed by atoms with Gasteiger partial charge in [-0.3, -0.25) is 4.79 Å². The summed E-state index contributed by atoms with van der Waals surface area (Å²) >= 11 is 0. The third-order valence-corrected chi connectivity index (χ3v) is 5.28. The van der Waals surface area contributed by atoms with Crippen molar-refractivity contribution in [1.82, 2.24) is 0 Å². The molecule has 1 aliphatic carbocycles. The van der Waals surface area contributed by atoms with Crippen LogP contribution in [0.15, 0.2) is 0 Å². The van der Waals surface area contributed by atoms with Gasteiger partial charge in [-0.1, -0.05) is 19.8 Å². The molecule has 116 valence electrons. The van der Waals surface area contributed by atoms with Crippen LogP contribution in [0.25, 0.3) is 0 Å². The lowest BCUT2D eigenvalue weighted by Gasteiger charge is -2.46. The molecule has 0 bridgehead atoms. The van der Waals surface area contributed by atoms with Crippen molar-refractivity contribution in [3.63, 3.8) is 0 Å². The van der Waals surface area contributed by atoms with E-state index in [0.29, 0.717) is 11.7 Å². The molecular formula is C17H31NO2. The van der Waals surface area contributed by atoms with Gasteiger partial charge in [0.15, 0.2) is 0 Å². The molecule has 1 saturated carbocycles. The van der Waals surface area contributed by atoms with Gasteiger partial charge in [-0.25, -0.2) is 0 Å². The van der Waals surface area contributed by atoms with Gasteiger partial charge in [0, 0.05) is 18.9 Å². The average Bonchev–Trinajstić information content (AvgIpc) is 2.43. The van der Waals surface area contributed by atoms with Crippen molar-refractivity contribution in [2.24, 2.45) is 17.6 Å². The molecule has 20 heavy (non-hydrogen) atoms. The van der Waals surface area contributed by atoms with Gasteiger partial charge in [-0.05, 0) is 57.4 Å². The second kappa shape index (κ2) is 7.56. The monoisotopic (exact) mass is 281 g/mol. The summed E-state index contributed by atoms with van der Waals surface area (Å²) < 4.78 is 5.92. The molecule has 0 aromatic rings. The maximum absolute atomic E-state index is 12.5. The van der Waals surface area contributed by atoms with Crippen molar-refractivity contribution in [2.75, 3.05) is 13.2 Å². The van der Waals surface area contributed by atoms with E-state index in [1.54, 1.807) is 0 Å². The van der Waals surface area contributed by atoms with Gasteiger partial charge in [0.05, 0.1) is 5.60 Å². The van der Waals surface area contributed by atoms with Gasteiger partial charge in [-0.15, -0.1) is 0 Å². The van der Waals surface area contributed by atoms with E-state index < -0.39 is 0 Å². The van der Waals surface area contributed by atoms with Crippen LogP contribution in [0.1, 0.15) is 71.1 Å². The van der Waals surface area contributed by atoms with Crippen LogP contribution in [0.4, 0.5) is 0 Å². The van der Waals surface area contributed by atoms with Crippen molar-refractivity contribution < 1.29 is 9.53 Å². The van der Waals surface area contributed by atoms with Crippen LogP contribution >= 0.6 is 0 Å². The van der Waals surface area contributed by atoms with Crippen LogP contribution in [-0.4, -0.2) is 24.5 Å². The van der Waals surface area contributed by atoms with E-state index in [2.05, 4.69) is 6.92 Å². The molecule has 2 fully saturated rings. The molecule has 2 atom stereocenters. The maximum atomic E-state index is 12.5. The van der Waals surface area contributed by atoms with Crippen molar-refractivity contribution >= 4 is 5.78 Å². The number of rotatable bonds is 8. The lowest BCUT2D eigenvalue weighted by atomic mass is 9.70. The summed E-state index contributed by atoms with van der Waals surface area (Å²) in [6.45, 7) is 3.75. The first-order chi connectivity index (χ1) is 9.69. The predicted octanol–water partition coefficient (Wildman–Crippen LogP) is 3.45. The quantitative estimate of drug-likeness (QED) is 0.741. The summed E-state index contributed by atoms with van der Waals surface area (Å²) in [6.07, 6.45) is 10.8. The highest BCUT2D eigenvalue weighted by Gasteiger charge is 2.43. The summed E-state index contributed by atoms with van der Waals surface area (Å²) in [6, 6.07) is 0. The molecule has 3 heteroatoms. The van der Waals surface area contributed by atoms with Crippen LogP contribution in [0.2, 0.25) is 0 Å². The van der Waals surface area contributed by atoms with E-state index in [0.717, 1.165) is 45.3 Å². The highest BCUT2D eigenvalue weighted by atomic mass is 16.5. The predicted molar refractivity (Wildman–Crippen MR) is 81.6 cm³/mol. The summed E-state index contributed by atoms with van der Waals surface area (Å²) in [5.74, 6) is 1.40. The zero-order valence-corrected chi connectivity index (χ0v) is 13.0. The summed E-state index contributed by atoms with van der Waals surface area (Å²) in [5, 5.41) is 0. The van der Waals surface area contributed by atoms with Gasteiger partial charge < -0.3 is 10.5 Å². The molecule has 1 spiro atoms. The first-order valence-electron chi connectivity index (χ1n) is 8.56. The zero-order chi connectivity index (χ0) is 14.4. The first-order valence-corrected chi connectivity index (χ1v) is 8.56. The van der Waals surface area contributed by atoms with E-state index in [-0.39, 0.29) is 11.5 Å². The summed E-state index contributed by atoms with van der Waals surface area (Å²) in [4.78, 5) is 12.5. The van der Waals surface area contributed by atoms with E-state index in [1.807, 2.05) is 0 Å². The van der Waals surface area contributed by atoms with E-state index in [1.165, 1.54) is 32.1 Å². The normalized spacial score (nSPS) is 26.2. The van der Waals surface area contributed by atoms with E-state index in [9.17, 15) is 4.79 Å². The third kappa shape index (κ3) is 4.05. The molecule has 1 aliphatic heterocycles. The number of ketones is 1. The SMILES string of the molecule is CCCC(CCN)CCC(=O)C1CCOC2(CCC2)C1. The number of ether oxygens (including phenoxy) is 1. The fourth-order valence-corrected chi connectivity index (χ4v) is 3.85. The highest BCUT2D eigenvalue weighted by Crippen LogP contribution is 2.44. The number of hydrogen-bond donors (Lipinski definition) is 1. The Bertz CT molecular complexity index is 306. The van der Waals surface area contributed by atoms with Gasteiger partial charge in [-0.2, -0.15) is 0 Å². The van der Waals surface area contributed by atoms with Crippen molar-refractivity contribution in [3.05, 3.63) is 0 Å². The Morgan fingerprint density at radius 1 is 1.35 bits per heavy atom. The molecule has 1 saturated heterocycles. The molecule has 0 aromatic heterocycles. The highest BCUT2D eigenvalue weighted by molar-refractivity contribution is 5.81. The van der Waals surface area contributed by atoms with Gasteiger partial charge >= 0.3 is 0 Å². The second-order valence-corrected chi connectivity index (χ2v) is 6.81. The Balaban J connectivity index is 1.75. The van der Waals surface area contributed by atoms with Crippen LogP contribution in [0.5, 0.6) is 0 Å². The minimum absolute atomic E-state index is 0.0959. The molecule has 0 aromatic carbocycles. The number of hydrogen-bond acceptors (Lipinski definition) is 3. The Morgan fingerprint density at radius 3 is 2.75 bits per heavy atom. The van der Waals surface area contributed by atoms with Gasteiger partial charge in [0.25, 0.3) is 0 Å². The number of carbonyl (C=O) groups excluding carboxylic acids is 1. The summed E-state index contributed by atoms with van der Waals surface area (Å²) in [5.41, 5.74) is 5.76. The van der Waals surface area contributed by atoms with Crippen LogP contribution in [0, 0.1) is 11.8 Å². The Hall–Kier alpha value is -0.410. The first kappa shape index (κ1) is 16.0. The lowest BCUT2D eigenvalue weighted by Crippen LogP contribution is -2.47. The summed E-state index contributed by atoms with van der Waals surface area (Å²) in [7, 11) is 0. The molecule has 2 N–H and O–H groups in total. The fourth-order valence-electron chi connectivity index (χ4n) is 3.85. The maximum Gasteiger partial charge on any atom is 0.136 e. The van der Waals surface area contributed by atoms with Gasteiger partial charge in [0.1, 0.15) is 5.78 Å². The largest absolute Gasteiger partial charge is 0.375 e. The van der Waals surface area contributed by atoms with Crippen molar-refractivity contribution in [1.29, 1.82) is 0 Å². The molecule has 2 unspecified atom stereocenters. The lowest BCUT2D eigenvalue weighted by molar-refractivity contribution is -0.155. The number of carbonyl (C=O) groups is 1. The smallest absolute Gasteiger partial charge is 0.136 e. The zero-order valence-electron chi connectivity index (χ0n) is 13.0. The van der Waals surface area contributed by atoms with Crippen molar-refractivity contribution in [3.8, 4) is 0 Å². The van der Waals surface area contributed by atoms with Crippen LogP contribution in [-0.2, 0) is 9.53 Å². The molecule has 2 aliphatic rings. The third-order valence-electron chi connectivity index (χ3n) is 5.28. The minimum Gasteiger partial charge on any atom is -0.375 e. The van der Waals surface area contributed by atoms with E-state index in [4.69, 9.17) is 10.5 Å². The van der Waals surface area contributed by atoms with E-state index >= 15 is 0 Å². The second-order valence-electron chi connectivity index (χ2n) is 6.81. The Morgan fingerprint density at radius 2 is 2.15 bits per heavy atom. The van der Waals surface area contributed by atoms with Crippen LogP contribution in [0.3, 0.4) is 0 Å². The molecule has 1 heterocycles. The van der Waals surface area contributed by atoms with Crippen molar-refractivity contribution in [2.45, 2.75) is 76.7 Å². The molecule has 2 rings (SSSR count). The van der Waals surface area contributed by atoms with Crippen LogP contribution < -0.4 is 5.73 Å². The minimum atomic E-state index is 0.0959. The number of nitrogens with two attached hydrogens (primary N) is 1. The Kier molecular flexibility index (Phi) is 6.03. The molecule has 0 amide bonds. The topological polar surface area (TPSA) is 52.3 Å². The van der Waals surface area contributed by atoms with Gasteiger partial charge in [0.2, 0.25) is 0 Å².